The fraction of sp³-hybridized carbons (Fsp3) is 0.444. The summed E-state index contributed by atoms with van der Waals surface area (Å²) in [6, 6.07) is 4.22. The van der Waals surface area contributed by atoms with E-state index in [1.807, 2.05) is 0 Å². The van der Waals surface area contributed by atoms with E-state index in [1.165, 1.54) is 35.3 Å². The van der Waals surface area contributed by atoms with Crippen molar-refractivity contribution >= 4 is 70.5 Å². The van der Waals surface area contributed by atoms with Gasteiger partial charge in [0, 0.05) is 29.1 Å². The number of aliphatic carboxylic acids is 1. The highest BCUT2D eigenvalue weighted by molar-refractivity contribution is 8.00. The van der Waals surface area contributed by atoms with Gasteiger partial charge in [-0.3, -0.25) is 19.2 Å². The van der Waals surface area contributed by atoms with Gasteiger partial charge in [0.2, 0.25) is 11.8 Å². The molecule has 3 atom stereocenters. The number of nitrogens with one attached hydrogen (secondary N) is 1. The highest BCUT2D eigenvalue weighted by Gasteiger charge is 2.57. The van der Waals surface area contributed by atoms with E-state index in [0.717, 1.165) is 0 Å². The van der Waals surface area contributed by atoms with E-state index in [0.29, 0.717) is 14.9 Å². The van der Waals surface area contributed by atoms with Gasteiger partial charge in [0.1, 0.15) is 23.4 Å². The molecule has 2 amide bonds. The van der Waals surface area contributed by atoms with Crippen molar-refractivity contribution in [1.29, 1.82) is 0 Å². The minimum absolute atomic E-state index is 0.0484. The lowest BCUT2D eigenvalue weighted by atomic mass is 9.88. The molecule has 3 rings (SSSR count). The summed E-state index contributed by atoms with van der Waals surface area (Å²) in [5.74, 6) is -2.22. The van der Waals surface area contributed by atoms with Crippen LogP contribution < -0.4 is 5.32 Å². The van der Waals surface area contributed by atoms with Gasteiger partial charge in [-0.05, 0) is 18.2 Å². The molecule has 12 heteroatoms. The third kappa shape index (κ3) is 4.82. The number of carbonyl (C=O) groups is 4. The minimum Gasteiger partial charge on any atom is -0.481 e. The van der Waals surface area contributed by atoms with Crippen molar-refractivity contribution in [2.24, 2.45) is 5.41 Å². The van der Waals surface area contributed by atoms with Crippen molar-refractivity contribution in [3.05, 3.63) is 28.2 Å². The van der Waals surface area contributed by atoms with Crippen LogP contribution in [0.1, 0.15) is 6.92 Å². The summed E-state index contributed by atoms with van der Waals surface area (Å²) in [5, 5.41) is 12.9. The molecule has 0 bridgehead atoms. The number of esters is 1. The van der Waals surface area contributed by atoms with Crippen LogP contribution in [0.25, 0.3) is 0 Å². The Hall–Kier alpha value is -1.62. The first-order valence-electron chi connectivity index (χ1n) is 8.79. The number of hydrogen-bond donors (Lipinski definition) is 2. The molecule has 2 saturated heterocycles. The SMILES string of the molecule is CC(=O)OCC1(C(=O)O)CS[C@@H]2C(NC(=O)CSc3cc(Cl)ccc3Cl)C(=O)N2C1. The first-order valence-corrected chi connectivity index (χ1v) is 11.6. The van der Waals surface area contributed by atoms with Crippen LogP contribution in [0.3, 0.4) is 0 Å². The van der Waals surface area contributed by atoms with Gasteiger partial charge in [0.25, 0.3) is 0 Å². The molecule has 2 N–H and O–H groups in total. The predicted octanol–water partition coefficient (Wildman–Crippen LogP) is 2.12. The van der Waals surface area contributed by atoms with Crippen LogP contribution in [0.2, 0.25) is 10.0 Å². The number of rotatable bonds is 7. The molecule has 2 heterocycles. The van der Waals surface area contributed by atoms with Gasteiger partial charge in [0.05, 0.1) is 10.8 Å². The Morgan fingerprint density at radius 3 is 2.80 bits per heavy atom. The van der Waals surface area contributed by atoms with E-state index in [4.69, 9.17) is 27.9 Å². The fourth-order valence-corrected chi connectivity index (χ4v) is 5.92. The normalized spacial score (nSPS) is 25.2. The molecule has 1 aromatic carbocycles. The lowest BCUT2D eigenvalue weighted by molar-refractivity contribution is -0.164. The quantitative estimate of drug-likeness (QED) is 0.338. The number of ether oxygens (including phenoxy) is 1. The van der Waals surface area contributed by atoms with E-state index < -0.39 is 23.4 Å². The van der Waals surface area contributed by atoms with Gasteiger partial charge in [-0.2, -0.15) is 0 Å². The second kappa shape index (κ2) is 9.25. The van der Waals surface area contributed by atoms with E-state index in [2.05, 4.69) is 5.32 Å². The Kier molecular flexibility index (Phi) is 7.11. The van der Waals surface area contributed by atoms with Crippen molar-refractivity contribution < 1.29 is 29.0 Å². The Labute approximate surface area is 191 Å². The molecule has 0 aliphatic carbocycles. The Morgan fingerprint density at radius 1 is 1.40 bits per heavy atom. The molecule has 1 aromatic rings. The molecular formula is C18H18Cl2N2O6S2. The number of nitrogens with zero attached hydrogens (tertiary/aromatic N) is 1. The molecular weight excluding hydrogens is 475 g/mol. The number of benzene rings is 1. The second-order valence-electron chi connectivity index (χ2n) is 6.94. The topological polar surface area (TPSA) is 113 Å². The van der Waals surface area contributed by atoms with Crippen molar-refractivity contribution in [1.82, 2.24) is 10.2 Å². The summed E-state index contributed by atoms with van der Waals surface area (Å²) < 4.78 is 4.91. The van der Waals surface area contributed by atoms with Crippen LogP contribution in [0, 0.1) is 5.41 Å². The third-order valence-corrected chi connectivity index (χ3v) is 8.04. The summed E-state index contributed by atoms with van der Waals surface area (Å²) in [6.45, 7) is 0.809. The van der Waals surface area contributed by atoms with Crippen molar-refractivity contribution in [3.63, 3.8) is 0 Å². The molecule has 0 radical (unpaired) electrons. The minimum atomic E-state index is -1.36. The van der Waals surface area contributed by atoms with Crippen LogP contribution in [-0.4, -0.2) is 69.8 Å². The molecule has 8 nitrogen and oxygen atoms in total. The average molecular weight is 493 g/mol. The predicted molar refractivity (Wildman–Crippen MR) is 114 cm³/mol. The van der Waals surface area contributed by atoms with Crippen LogP contribution in [0.5, 0.6) is 0 Å². The maximum atomic E-state index is 12.5. The summed E-state index contributed by atoms with van der Waals surface area (Å²) >= 11 is 14.5. The van der Waals surface area contributed by atoms with Gasteiger partial charge in [-0.15, -0.1) is 23.5 Å². The van der Waals surface area contributed by atoms with Crippen LogP contribution >= 0.6 is 46.7 Å². The number of carbonyl (C=O) groups excluding carboxylic acids is 3. The number of β-lactam (4-membered cyclic amide) rings is 1. The molecule has 0 aromatic heterocycles. The van der Waals surface area contributed by atoms with E-state index in [-0.39, 0.29) is 41.8 Å². The lowest BCUT2D eigenvalue weighted by Crippen LogP contribution is -2.74. The molecule has 162 valence electrons. The highest BCUT2D eigenvalue weighted by atomic mass is 35.5. The van der Waals surface area contributed by atoms with Crippen LogP contribution in [-0.2, 0) is 23.9 Å². The summed E-state index contributed by atoms with van der Waals surface area (Å²) in [4.78, 5) is 49.7. The molecule has 0 saturated carbocycles. The summed E-state index contributed by atoms with van der Waals surface area (Å²) in [7, 11) is 0. The fourth-order valence-electron chi connectivity index (χ4n) is 3.09. The van der Waals surface area contributed by atoms with Crippen molar-refractivity contribution in [2.75, 3.05) is 24.7 Å². The third-order valence-electron chi connectivity index (χ3n) is 4.72. The Bertz CT molecular complexity index is 901. The molecule has 2 unspecified atom stereocenters. The molecule has 0 spiro atoms. The van der Waals surface area contributed by atoms with E-state index in [1.54, 1.807) is 18.2 Å². The Morgan fingerprint density at radius 2 is 2.13 bits per heavy atom. The number of fused-ring (bicyclic) bond motifs is 1. The zero-order chi connectivity index (χ0) is 22.1. The van der Waals surface area contributed by atoms with Gasteiger partial charge < -0.3 is 20.1 Å². The number of halogens is 2. The lowest BCUT2D eigenvalue weighted by Gasteiger charge is -2.53. The molecule has 2 fully saturated rings. The number of thioether (sulfide) groups is 2. The van der Waals surface area contributed by atoms with Crippen LogP contribution in [0.15, 0.2) is 23.1 Å². The number of amides is 2. The zero-order valence-corrected chi connectivity index (χ0v) is 18.9. The first-order chi connectivity index (χ1) is 14.1. The average Bonchev–Trinajstić information content (AvgIpc) is 2.70. The van der Waals surface area contributed by atoms with Crippen LogP contribution in [0.4, 0.5) is 0 Å². The standard InChI is InChI=1S/C18H18Cl2N2O6S2/c1-9(23)28-7-18(17(26)27)6-22-15(25)14(16(22)30-8-18)21-13(24)5-29-12-4-10(19)2-3-11(12)20/h2-4,14,16H,5-8H2,1H3,(H,21,24)(H,26,27)/t14?,16-,18?/m1/s1. The summed E-state index contributed by atoms with van der Waals surface area (Å²) in [5.41, 5.74) is -1.36. The molecule has 2 aliphatic heterocycles. The number of carboxylic acid groups (broad SMARTS) is 1. The first kappa shape index (κ1) is 23.1. The van der Waals surface area contributed by atoms with Gasteiger partial charge in [-0.1, -0.05) is 23.2 Å². The number of hydrogen-bond acceptors (Lipinski definition) is 7. The molecule has 30 heavy (non-hydrogen) atoms. The summed E-state index contributed by atoms with van der Waals surface area (Å²) in [6.07, 6.45) is 0. The number of carboxylic acids is 1. The molecule has 2 aliphatic rings. The zero-order valence-electron chi connectivity index (χ0n) is 15.7. The van der Waals surface area contributed by atoms with Crippen molar-refractivity contribution in [3.8, 4) is 0 Å². The largest absolute Gasteiger partial charge is 0.481 e. The van der Waals surface area contributed by atoms with Gasteiger partial charge in [-0.25, -0.2) is 0 Å². The van der Waals surface area contributed by atoms with E-state index >= 15 is 0 Å². The maximum absolute atomic E-state index is 12.5. The highest BCUT2D eigenvalue weighted by Crippen LogP contribution is 2.42. The maximum Gasteiger partial charge on any atom is 0.315 e. The second-order valence-corrected chi connectivity index (χ2v) is 9.91. The van der Waals surface area contributed by atoms with Crippen molar-refractivity contribution in [2.45, 2.75) is 23.2 Å². The van der Waals surface area contributed by atoms with E-state index in [9.17, 15) is 24.3 Å². The van der Waals surface area contributed by atoms with Gasteiger partial charge >= 0.3 is 11.9 Å². The smallest absolute Gasteiger partial charge is 0.315 e. The van der Waals surface area contributed by atoms with Gasteiger partial charge in [0.15, 0.2) is 0 Å². The Balaban J connectivity index is 1.56. The monoisotopic (exact) mass is 492 g/mol.